The Hall–Kier alpha value is 0.959. The molecule has 128 valence electrons. The number of hydrogen-bond acceptors (Lipinski definition) is 2. The van der Waals surface area contributed by atoms with E-state index in [1.165, 1.54) is 10.7 Å². The second-order valence-corrected chi connectivity index (χ2v) is 8.69. The molecule has 2 aliphatic rings. The molecule has 0 aromatic rings. The van der Waals surface area contributed by atoms with Crippen molar-refractivity contribution in [3.05, 3.63) is 62.1 Å². The van der Waals surface area contributed by atoms with Crippen molar-refractivity contribution in [1.29, 1.82) is 0 Å². The van der Waals surface area contributed by atoms with Crippen molar-refractivity contribution < 1.29 is 21.8 Å². The van der Waals surface area contributed by atoms with Crippen LogP contribution >= 0.6 is 0 Å². The molecule has 10 radical (unpaired) electrons. The summed E-state index contributed by atoms with van der Waals surface area (Å²) < 4.78 is 5.41. The number of hydrogen-bond donors (Lipinski definition) is 0. The number of nitrogens with zero attached hydrogens (tertiary/aromatic N) is 1. The van der Waals surface area contributed by atoms with Gasteiger partial charge in [-0.2, -0.15) is 0 Å². The zero-order valence-electron chi connectivity index (χ0n) is 15.0. The molecule has 2 nitrogen and oxygen atoms in total. The van der Waals surface area contributed by atoms with E-state index in [1.807, 2.05) is 32.1 Å². The van der Waals surface area contributed by atoms with Crippen LogP contribution in [0, 0.1) is 62.1 Å². The molecule has 2 saturated carbocycles. The first-order valence-corrected chi connectivity index (χ1v) is 9.60. The van der Waals surface area contributed by atoms with Gasteiger partial charge in [0.15, 0.2) is 0 Å². The van der Waals surface area contributed by atoms with Gasteiger partial charge in [-0.25, -0.2) is 0 Å². The van der Waals surface area contributed by atoms with Gasteiger partial charge in [0.1, 0.15) is 0 Å². The van der Waals surface area contributed by atoms with Crippen molar-refractivity contribution >= 4 is 15.0 Å². The van der Waals surface area contributed by atoms with Crippen molar-refractivity contribution in [2.24, 2.45) is 0 Å². The summed E-state index contributed by atoms with van der Waals surface area (Å²) in [4.78, 5) is 4.40. The van der Waals surface area contributed by atoms with E-state index in [-0.39, 0.29) is 17.1 Å². The Bertz CT molecular complexity index is 279. The van der Waals surface area contributed by atoms with Crippen molar-refractivity contribution in [1.82, 2.24) is 4.90 Å². The summed E-state index contributed by atoms with van der Waals surface area (Å²) in [6.07, 6.45) is 17.0. The summed E-state index contributed by atoms with van der Waals surface area (Å²) in [5.41, 5.74) is 0. The minimum atomic E-state index is 0. The van der Waals surface area contributed by atoms with Gasteiger partial charge in [0.2, 0.25) is 0 Å². The minimum absolute atomic E-state index is 0. The molecule has 0 saturated heterocycles. The topological polar surface area (TPSA) is 12.5 Å². The average Bonchev–Trinajstić information content (AvgIpc) is 3.19. The molecule has 0 amide bonds. The third-order valence-electron chi connectivity index (χ3n) is 3.93. The number of methoxy groups -OCH3 is 1. The molecular formula is C19H29FeNOSe+2. The Kier molecular flexibility index (Phi) is 13.8. The molecule has 0 spiro atoms. The van der Waals surface area contributed by atoms with E-state index in [1.54, 1.807) is 7.11 Å². The predicted molar refractivity (Wildman–Crippen MR) is 95.7 cm³/mol. The fraction of sp³-hybridized carbons (Fsp3) is 0.474. The smallest absolute Gasteiger partial charge is 0.0312 e. The molecular weight excluding hydrogens is 393 g/mol. The second-order valence-electron chi connectivity index (χ2n) is 5.71. The summed E-state index contributed by atoms with van der Waals surface area (Å²) in [7, 11) is 6.07. The summed E-state index contributed by atoms with van der Waals surface area (Å²) in [6, 6.07) is 0.493. The summed E-state index contributed by atoms with van der Waals surface area (Å²) in [5, 5.41) is 0. The van der Waals surface area contributed by atoms with Crippen LogP contribution in [-0.4, -0.2) is 53.2 Å². The van der Waals surface area contributed by atoms with Gasteiger partial charge >= 0.3 is 131 Å². The third kappa shape index (κ3) is 8.75. The van der Waals surface area contributed by atoms with Crippen LogP contribution in [0.15, 0.2) is 0 Å². The van der Waals surface area contributed by atoms with Gasteiger partial charge in [-0.3, -0.25) is 0 Å². The standard InChI is InChI=1S/C14H24NOSe.C5H5.Fe/c1-10(15(4)5)13-8-7-9-14(13)17-12(3)11(2)16-6;1-2-4-5-3-1;/h7-12H,1-6H3;1-5H;/q;;+2/t10-,11-,12-;;/m1../s1. The van der Waals surface area contributed by atoms with E-state index in [9.17, 15) is 0 Å². The molecule has 2 fully saturated rings. The molecule has 0 unspecified atom stereocenters. The Labute approximate surface area is 162 Å². The zero-order chi connectivity index (χ0) is 16.5. The monoisotopic (exact) mass is 423 g/mol. The summed E-state index contributed by atoms with van der Waals surface area (Å²) >= 11 is 0.485. The van der Waals surface area contributed by atoms with E-state index in [2.05, 4.69) is 59.0 Å². The Balaban J connectivity index is 0.000000684. The SMILES string of the molecule is CO[C@H](C)[C@@H](C)[Se][C]1[CH][CH][CH][C]1[C@@H](C)N(C)C.[CH]1[CH][CH][CH][CH]1.[Fe+2]. The summed E-state index contributed by atoms with van der Waals surface area (Å²) in [6.45, 7) is 6.70. The quantitative estimate of drug-likeness (QED) is 0.610. The van der Waals surface area contributed by atoms with Crippen molar-refractivity contribution in [3.63, 3.8) is 0 Å². The van der Waals surface area contributed by atoms with Crippen LogP contribution in [0.25, 0.3) is 0 Å². The van der Waals surface area contributed by atoms with E-state index in [0.29, 0.717) is 31.9 Å². The second kappa shape index (κ2) is 13.2. The van der Waals surface area contributed by atoms with Gasteiger partial charge in [0.25, 0.3) is 0 Å². The molecule has 2 aliphatic carbocycles. The molecule has 0 bridgehead atoms. The van der Waals surface area contributed by atoms with E-state index >= 15 is 0 Å². The average molecular weight is 422 g/mol. The first-order valence-electron chi connectivity index (χ1n) is 7.75. The maximum Gasteiger partial charge on any atom is 2.00 e. The molecule has 0 aromatic carbocycles. The normalized spacial score (nSPS) is 23.1. The number of ether oxygens (including phenoxy) is 1. The maximum absolute atomic E-state index is 5.41. The minimum Gasteiger partial charge on any atom is -0.0312 e. The largest absolute Gasteiger partial charge is 2.00 e. The predicted octanol–water partition coefficient (Wildman–Crippen LogP) is 3.24. The Morgan fingerprint density at radius 1 is 0.913 bits per heavy atom. The van der Waals surface area contributed by atoms with Gasteiger partial charge in [-0.05, 0) is 32.1 Å². The van der Waals surface area contributed by atoms with Crippen LogP contribution in [0.5, 0.6) is 0 Å². The van der Waals surface area contributed by atoms with Crippen molar-refractivity contribution in [2.45, 2.75) is 37.7 Å². The first kappa shape index (κ1) is 24.0. The fourth-order valence-corrected chi connectivity index (χ4v) is 4.55. The van der Waals surface area contributed by atoms with Crippen molar-refractivity contribution in [3.8, 4) is 0 Å². The molecule has 4 heteroatoms. The fourth-order valence-electron chi connectivity index (χ4n) is 1.96. The van der Waals surface area contributed by atoms with Gasteiger partial charge in [-0.15, -0.1) is 0 Å². The van der Waals surface area contributed by atoms with Crippen LogP contribution in [0.3, 0.4) is 0 Å². The molecule has 2 rings (SSSR count). The van der Waals surface area contributed by atoms with Crippen LogP contribution in [0.2, 0.25) is 4.82 Å². The molecule has 0 N–H and O–H groups in total. The van der Waals surface area contributed by atoms with E-state index < -0.39 is 0 Å². The van der Waals surface area contributed by atoms with Gasteiger partial charge in [0.05, 0.1) is 0 Å². The van der Waals surface area contributed by atoms with Crippen molar-refractivity contribution in [2.75, 3.05) is 21.2 Å². The summed E-state index contributed by atoms with van der Waals surface area (Å²) in [5.74, 6) is 1.48. The zero-order valence-corrected chi connectivity index (χ0v) is 17.8. The van der Waals surface area contributed by atoms with Crippen LogP contribution < -0.4 is 0 Å². The molecule has 0 aliphatic heterocycles. The van der Waals surface area contributed by atoms with Crippen LogP contribution in [0.1, 0.15) is 20.8 Å². The first-order chi connectivity index (χ1) is 10.5. The van der Waals surface area contributed by atoms with Gasteiger partial charge < -0.3 is 0 Å². The maximum atomic E-state index is 5.41. The Morgan fingerprint density at radius 3 is 1.87 bits per heavy atom. The van der Waals surface area contributed by atoms with E-state index in [4.69, 9.17) is 4.74 Å². The molecule has 23 heavy (non-hydrogen) atoms. The van der Waals surface area contributed by atoms with E-state index in [0.717, 1.165) is 0 Å². The molecule has 3 atom stereocenters. The molecule has 0 aromatic heterocycles. The third-order valence-corrected chi connectivity index (χ3v) is 6.83. The molecule has 0 heterocycles. The van der Waals surface area contributed by atoms with Gasteiger partial charge in [0, 0.05) is 0 Å². The van der Waals surface area contributed by atoms with Crippen LogP contribution in [-0.2, 0) is 21.8 Å². The van der Waals surface area contributed by atoms with Gasteiger partial charge in [-0.1, -0.05) is 0 Å². The Morgan fingerprint density at radius 2 is 1.43 bits per heavy atom. The van der Waals surface area contributed by atoms with Crippen LogP contribution in [0.4, 0.5) is 0 Å². The number of rotatable bonds is 6.